The zero-order valence-corrected chi connectivity index (χ0v) is 22.6. The first kappa shape index (κ1) is 29.1. The molecule has 0 radical (unpaired) electrons. The van der Waals surface area contributed by atoms with Gasteiger partial charge in [0.1, 0.15) is 11.7 Å². The standard InChI is InChI=1S/C28H30F6N2O3S/c1-40-17-35-16-26(39-25(35)37)14-22-8-9-23(15-26)36(22)10-11-38-24(18-4-2-6-20(12-18)27(29,30)31)19-5-3-7-21(13-19)28(32,33)34/h2-7,12-13,22-24H,8-11,14-17H2,1H3. The van der Waals surface area contributed by atoms with Gasteiger partial charge >= 0.3 is 18.4 Å². The maximum absolute atomic E-state index is 13.4. The highest BCUT2D eigenvalue weighted by molar-refractivity contribution is 7.98. The van der Waals surface area contributed by atoms with Crippen molar-refractivity contribution in [3.63, 3.8) is 0 Å². The zero-order chi connectivity index (χ0) is 28.7. The second-order valence-corrected chi connectivity index (χ2v) is 11.5. The number of rotatable bonds is 8. The molecule has 218 valence electrons. The van der Waals surface area contributed by atoms with E-state index in [0.717, 1.165) is 37.1 Å². The van der Waals surface area contributed by atoms with Crippen LogP contribution >= 0.6 is 11.8 Å². The summed E-state index contributed by atoms with van der Waals surface area (Å²) in [5, 5.41) is 0. The molecule has 1 spiro atoms. The third kappa shape index (κ3) is 6.08. The number of nitrogens with zero attached hydrogens (tertiary/aromatic N) is 2. The van der Waals surface area contributed by atoms with Gasteiger partial charge in [-0.25, -0.2) is 4.79 Å². The molecule has 2 atom stereocenters. The van der Waals surface area contributed by atoms with Gasteiger partial charge in [-0.3, -0.25) is 9.80 Å². The van der Waals surface area contributed by atoms with Crippen molar-refractivity contribution in [1.82, 2.24) is 9.80 Å². The highest BCUT2D eigenvalue weighted by Crippen LogP contribution is 2.45. The molecule has 5 rings (SSSR count). The highest BCUT2D eigenvalue weighted by atomic mass is 32.2. The molecular formula is C28H30F6N2O3S. The Morgan fingerprint density at radius 3 is 2.02 bits per heavy atom. The highest BCUT2D eigenvalue weighted by Gasteiger charge is 2.54. The molecule has 0 saturated carbocycles. The lowest BCUT2D eigenvalue weighted by atomic mass is 9.86. The van der Waals surface area contributed by atoms with Gasteiger partial charge in [0.2, 0.25) is 0 Å². The van der Waals surface area contributed by atoms with Gasteiger partial charge in [0, 0.05) is 31.5 Å². The molecule has 2 aromatic rings. The van der Waals surface area contributed by atoms with Gasteiger partial charge in [0.15, 0.2) is 0 Å². The summed E-state index contributed by atoms with van der Waals surface area (Å²) in [7, 11) is 0. The number of hydrogen-bond acceptors (Lipinski definition) is 5. The maximum atomic E-state index is 13.4. The predicted octanol–water partition coefficient (Wildman–Crippen LogP) is 6.97. The van der Waals surface area contributed by atoms with E-state index in [2.05, 4.69) is 4.90 Å². The fourth-order valence-corrected chi connectivity index (χ4v) is 6.85. The zero-order valence-electron chi connectivity index (χ0n) is 21.8. The molecule has 2 bridgehead atoms. The van der Waals surface area contributed by atoms with E-state index in [9.17, 15) is 31.1 Å². The number of carbonyl (C=O) groups excluding carboxylic acids is 1. The number of carbonyl (C=O) groups is 1. The van der Waals surface area contributed by atoms with Crippen molar-refractivity contribution in [3.05, 3.63) is 70.8 Å². The van der Waals surface area contributed by atoms with Crippen LogP contribution in [0.3, 0.4) is 0 Å². The van der Waals surface area contributed by atoms with Gasteiger partial charge in [-0.05, 0) is 54.5 Å². The van der Waals surface area contributed by atoms with Crippen LogP contribution in [-0.2, 0) is 21.8 Å². The Labute approximate surface area is 232 Å². The first-order chi connectivity index (χ1) is 18.9. The van der Waals surface area contributed by atoms with E-state index in [-0.39, 0.29) is 35.9 Å². The molecule has 40 heavy (non-hydrogen) atoms. The van der Waals surface area contributed by atoms with Crippen LogP contribution in [-0.4, -0.2) is 65.4 Å². The van der Waals surface area contributed by atoms with Gasteiger partial charge in [-0.15, -0.1) is 11.8 Å². The van der Waals surface area contributed by atoms with Crippen LogP contribution < -0.4 is 0 Å². The van der Waals surface area contributed by atoms with Crippen LogP contribution in [0.5, 0.6) is 0 Å². The monoisotopic (exact) mass is 588 g/mol. The number of benzene rings is 2. The van der Waals surface area contributed by atoms with E-state index in [1.54, 1.807) is 16.7 Å². The molecular weight excluding hydrogens is 558 g/mol. The summed E-state index contributed by atoms with van der Waals surface area (Å²) in [4.78, 5) is 16.4. The van der Waals surface area contributed by atoms with Crippen LogP contribution in [0.4, 0.5) is 31.1 Å². The summed E-state index contributed by atoms with van der Waals surface area (Å²) in [6.07, 6.45) is -5.47. The SMILES string of the molecule is CSCN1CC2(CC3CCC(C2)N3CCOC(c2cccc(C(F)(F)F)c2)c2cccc(C(F)(F)F)c2)OC1=O. The third-order valence-corrected chi connectivity index (χ3v) is 8.55. The Bertz CT molecular complexity index is 1150. The molecule has 12 heteroatoms. The predicted molar refractivity (Wildman–Crippen MR) is 138 cm³/mol. The van der Waals surface area contributed by atoms with Gasteiger partial charge in [0.05, 0.1) is 30.2 Å². The van der Waals surface area contributed by atoms with E-state index in [1.165, 1.54) is 24.3 Å². The summed E-state index contributed by atoms with van der Waals surface area (Å²) in [5.74, 6) is 0.569. The van der Waals surface area contributed by atoms with Gasteiger partial charge in [-0.2, -0.15) is 26.3 Å². The van der Waals surface area contributed by atoms with Crippen molar-refractivity contribution in [3.8, 4) is 0 Å². The number of ether oxygens (including phenoxy) is 2. The molecule has 0 aromatic heterocycles. The van der Waals surface area contributed by atoms with Crippen molar-refractivity contribution in [1.29, 1.82) is 0 Å². The van der Waals surface area contributed by atoms with E-state index in [4.69, 9.17) is 9.47 Å². The molecule has 5 nitrogen and oxygen atoms in total. The molecule has 3 aliphatic rings. The maximum Gasteiger partial charge on any atom is 0.416 e. The summed E-state index contributed by atoms with van der Waals surface area (Å²) in [6, 6.07) is 9.34. The van der Waals surface area contributed by atoms with Crippen molar-refractivity contribution in [2.24, 2.45) is 0 Å². The Kier molecular flexibility index (Phi) is 8.06. The summed E-state index contributed by atoms with van der Waals surface area (Å²) in [6.45, 7) is 1.12. The molecule has 3 aliphatic heterocycles. The van der Waals surface area contributed by atoms with E-state index in [1.807, 2.05) is 6.26 Å². The molecule has 0 N–H and O–H groups in total. The Morgan fingerprint density at radius 1 is 0.975 bits per heavy atom. The molecule has 3 heterocycles. The number of halogens is 6. The van der Waals surface area contributed by atoms with Crippen molar-refractivity contribution in [2.75, 3.05) is 31.8 Å². The number of alkyl halides is 6. The van der Waals surface area contributed by atoms with Gasteiger partial charge in [-0.1, -0.05) is 24.3 Å². The second kappa shape index (κ2) is 11.1. The van der Waals surface area contributed by atoms with Crippen LogP contribution in [0.1, 0.15) is 54.0 Å². The lowest BCUT2D eigenvalue weighted by molar-refractivity contribution is -0.138. The van der Waals surface area contributed by atoms with Crippen LogP contribution in [0, 0.1) is 0 Å². The molecule has 2 aromatic carbocycles. The first-order valence-electron chi connectivity index (χ1n) is 13.1. The second-order valence-electron chi connectivity index (χ2n) is 10.7. The number of amides is 1. The average molecular weight is 589 g/mol. The lowest BCUT2D eigenvalue weighted by Crippen LogP contribution is -2.53. The van der Waals surface area contributed by atoms with E-state index >= 15 is 0 Å². The van der Waals surface area contributed by atoms with E-state index < -0.39 is 35.2 Å². The van der Waals surface area contributed by atoms with Gasteiger partial charge < -0.3 is 9.47 Å². The quantitative estimate of drug-likeness (QED) is 0.312. The number of thioether (sulfide) groups is 1. The van der Waals surface area contributed by atoms with E-state index in [0.29, 0.717) is 31.8 Å². The minimum Gasteiger partial charge on any atom is -0.441 e. The lowest BCUT2D eigenvalue weighted by Gasteiger charge is -2.43. The first-order valence-corrected chi connectivity index (χ1v) is 14.5. The Balaban J connectivity index is 1.32. The molecule has 2 unspecified atom stereocenters. The largest absolute Gasteiger partial charge is 0.441 e. The van der Waals surface area contributed by atoms with Crippen molar-refractivity contribution < 1.29 is 40.6 Å². The molecule has 3 saturated heterocycles. The number of piperidine rings is 1. The summed E-state index contributed by atoms with van der Waals surface area (Å²) >= 11 is 1.56. The number of hydrogen-bond donors (Lipinski definition) is 0. The normalized spacial score (nSPS) is 25.3. The summed E-state index contributed by atoms with van der Waals surface area (Å²) < 4.78 is 92.5. The fourth-order valence-electron chi connectivity index (χ4n) is 6.34. The topological polar surface area (TPSA) is 42.0 Å². The summed E-state index contributed by atoms with van der Waals surface area (Å²) in [5.41, 5.74) is -2.06. The molecule has 0 aliphatic carbocycles. The Morgan fingerprint density at radius 2 is 1.52 bits per heavy atom. The van der Waals surface area contributed by atoms with Crippen molar-refractivity contribution in [2.45, 2.75) is 61.8 Å². The van der Waals surface area contributed by atoms with Crippen molar-refractivity contribution >= 4 is 17.9 Å². The molecule has 1 amide bonds. The number of fused-ring (bicyclic) bond motifs is 2. The minimum absolute atomic E-state index is 0.107. The smallest absolute Gasteiger partial charge is 0.416 e. The third-order valence-electron chi connectivity index (χ3n) is 7.98. The Hall–Kier alpha value is -2.44. The fraction of sp³-hybridized carbons (Fsp3) is 0.536. The minimum atomic E-state index is -4.60. The molecule has 3 fully saturated rings. The average Bonchev–Trinajstić information content (AvgIpc) is 3.32. The van der Waals surface area contributed by atoms with Crippen LogP contribution in [0.15, 0.2) is 48.5 Å². The van der Waals surface area contributed by atoms with Crippen LogP contribution in [0.2, 0.25) is 0 Å². The van der Waals surface area contributed by atoms with Gasteiger partial charge in [0.25, 0.3) is 0 Å². The van der Waals surface area contributed by atoms with Crippen LogP contribution in [0.25, 0.3) is 0 Å².